The largest absolute Gasteiger partial charge is 0.389 e. The van der Waals surface area contributed by atoms with Crippen molar-refractivity contribution in [3.05, 3.63) is 50.4 Å². The van der Waals surface area contributed by atoms with E-state index in [-0.39, 0.29) is 11.0 Å². The standard InChI is InChI=1S/C9H6Cl2N4O2/c10-7-2-1-6(9(11)12-7)5-14-4-3-8(13-14)15(16)17/h1-4H,5H2. The SMILES string of the molecule is O=[N+]([O-])c1ccn(Cc2ccc(Cl)nc2Cl)n1. The van der Waals surface area contributed by atoms with E-state index in [9.17, 15) is 10.1 Å². The number of aromatic nitrogens is 3. The molecule has 0 N–H and O–H groups in total. The first-order chi connectivity index (χ1) is 8.06. The van der Waals surface area contributed by atoms with Gasteiger partial charge >= 0.3 is 5.82 Å². The van der Waals surface area contributed by atoms with Crippen LogP contribution in [0.25, 0.3) is 0 Å². The maximum Gasteiger partial charge on any atom is 0.389 e. The Morgan fingerprint density at radius 1 is 1.35 bits per heavy atom. The minimum Gasteiger partial charge on any atom is -0.358 e. The first-order valence-electron chi connectivity index (χ1n) is 4.55. The molecule has 0 radical (unpaired) electrons. The number of nitrogens with zero attached hydrogens (tertiary/aromatic N) is 4. The van der Waals surface area contributed by atoms with Gasteiger partial charge in [0, 0.05) is 5.56 Å². The van der Waals surface area contributed by atoms with Crippen molar-refractivity contribution in [3.8, 4) is 0 Å². The van der Waals surface area contributed by atoms with Crippen molar-refractivity contribution in [3.63, 3.8) is 0 Å². The quantitative estimate of drug-likeness (QED) is 0.489. The Bertz CT molecular complexity index is 570. The Kier molecular flexibility index (Phi) is 3.26. The molecular weight excluding hydrogens is 267 g/mol. The van der Waals surface area contributed by atoms with Gasteiger partial charge in [0.2, 0.25) is 0 Å². The van der Waals surface area contributed by atoms with Crippen LogP contribution in [0.4, 0.5) is 5.82 Å². The van der Waals surface area contributed by atoms with Gasteiger partial charge in [0.25, 0.3) is 0 Å². The van der Waals surface area contributed by atoms with Gasteiger partial charge in [-0.3, -0.25) is 0 Å². The second kappa shape index (κ2) is 4.68. The van der Waals surface area contributed by atoms with E-state index in [2.05, 4.69) is 10.1 Å². The summed E-state index contributed by atoms with van der Waals surface area (Å²) in [7, 11) is 0. The van der Waals surface area contributed by atoms with Crippen LogP contribution < -0.4 is 0 Å². The highest BCUT2D eigenvalue weighted by Crippen LogP contribution is 2.18. The van der Waals surface area contributed by atoms with Crippen molar-refractivity contribution in [2.75, 3.05) is 0 Å². The fraction of sp³-hybridized carbons (Fsp3) is 0.111. The summed E-state index contributed by atoms with van der Waals surface area (Å²) in [6.45, 7) is 0.302. The molecule has 0 amide bonds. The highest BCUT2D eigenvalue weighted by atomic mass is 35.5. The van der Waals surface area contributed by atoms with Gasteiger partial charge in [-0.15, -0.1) is 0 Å². The van der Waals surface area contributed by atoms with E-state index in [4.69, 9.17) is 23.2 Å². The number of nitro groups is 1. The predicted octanol–water partition coefficient (Wildman–Crippen LogP) is 2.54. The maximum atomic E-state index is 10.5. The number of halogens is 2. The zero-order valence-electron chi connectivity index (χ0n) is 8.38. The molecule has 0 aliphatic carbocycles. The molecule has 8 heteroatoms. The first-order valence-corrected chi connectivity index (χ1v) is 5.30. The molecule has 0 saturated heterocycles. The molecule has 0 aliphatic heterocycles. The zero-order chi connectivity index (χ0) is 12.4. The van der Waals surface area contributed by atoms with E-state index in [0.717, 1.165) is 0 Å². The summed E-state index contributed by atoms with van der Waals surface area (Å²) in [5.74, 6) is -0.206. The van der Waals surface area contributed by atoms with E-state index in [1.54, 1.807) is 12.1 Å². The molecule has 88 valence electrons. The molecule has 2 heterocycles. The first kappa shape index (κ1) is 11.8. The van der Waals surface area contributed by atoms with E-state index in [1.165, 1.54) is 16.9 Å². The molecule has 0 atom stereocenters. The van der Waals surface area contributed by atoms with Crippen LogP contribution in [0, 0.1) is 10.1 Å². The molecule has 17 heavy (non-hydrogen) atoms. The smallest absolute Gasteiger partial charge is 0.358 e. The molecule has 0 bridgehead atoms. The monoisotopic (exact) mass is 272 g/mol. The van der Waals surface area contributed by atoms with Gasteiger partial charge in [0.05, 0.1) is 23.9 Å². The summed E-state index contributed by atoms with van der Waals surface area (Å²) in [6, 6.07) is 4.61. The summed E-state index contributed by atoms with van der Waals surface area (Å²) in [6.07, 6.45) is 1.50. The lowest BCUT2D eigenvalue weighted by Crippen LogP contribution is -2.02. The lowest BCUT2D eigenvalue weighted by Gasteiger charge is -2.01. The average molecular weight is 273 g/mol. The number of hydrogen-bond donors (Lipinski definition) is 0. The van der Waals surface area contributed by atoms with Crippen LogP contribution in [-0.4, -0.2) is 19.7 Å². The predicted molar refractivity (Wildman–Crippen MR) is 62.2 cm³/mol. The van der Waals surface area contributed by atoms with Crippen molar-refractivity contribution in [1.29, 1.82) is 0 Å². The van der Waals surface area contributed by atoms with E-state index in [0.29, 0.717) is 17.3 Å². The fourth-order valence-electron chi connectivity index (χ4n) is 1.27. The summed E-state index contributed by atoms with van der Waals surface area (Å²) >= 11 is 11.5. The van der Waals surface area contributed by atoms with Crippen LogP contribution in [0.2, 0.25) is 10.3 Å². The molecule has 0 spiro atoms. The van der Waals surface area contributed by atoms with Gasteiger partial charge in [-0.25, -0.2) is 4.98 Å². The van der Waals surface area contributed by atoms with Crippen LogP contribution in [0.5, 0.6) is 0 Å². The molecule has 0 aliphatic rings. The fourth-order valence-corrected chi connectivity index (χ4v) is 1.67. The van der Waals surface area contributed by atoms with Crippen molar-refractivity contribution in [2.45, 2.75) is 6.54 Å². The number of pyridine rings is 1. The normalized spacial score (nSPS) is 10.5. The maximum absolute atomic E-state index is 10.5. The van der Waals surface area contributed by atoms with E-state index < -0.39 is 4.92 Å². The van der Waals surface area contributed by atoms with Crippen molar-refractivity contribution < 1.29 is 4.92 Å². The Labute approximate surface area is 106 Å². The van der Waals surface area contributed by atoms with Crippen LogP contribution in [-0.2, 0) is 6.54 Å². The van der Waals surface area contributed by atoms with Gasteiger partial charge in [0.15, 0.2) is 0 Å². The molecule has 0 unspecified atom stereocenters. The van der Waals surface area contributed by atoms with Gasteiger partial charge < -0.3 is 10.1 Å². The Balaban J connectivity index is 2.22. The summed E-state index contributed by atoms with van der Waals surface area (Å²) in [5.41, 5.74) is 0.689. The molecule has 0 fully saturated rings. The highest BCUT2D eigenvalue weighted by Gasteiger charge is 2.12. The van der Waals surface area contributed by atoms with E-state index in [1.807, 2.05) is 0 Å². The third kappa shape index (κ3) is 2.72. The second-order valence-corrected chi connectivity index (χ2v) is 3.96. The summed E-state index contributed by atoms with van der Waals surface area (Å²) in [4.78, 5) is 13.8. The topological polar surface area (TPSA) is 73.8 Å². The van der Waals surface area contributed by atoms with E-state index >= 15 is 0 Å². The van der Waals surface area contributed by atoms with Gasteiger partial charge in [0.1, 0.15) is 10.3 Å². The zero-order valence-corrected chi connectivity index (χ0v) is 9.89. The van der Waals surface area contributed by atoms with Gasteiger partial charge in [-0.2, -0.15) is 4.68 Å². The molecular formula is C9H6Cl2N4O2. The molecule has 2 rings (SSSR count). The minimum absolute atomic E-state index is 0.206. The van der Waals surface area contributed by atoms with Crippen LogP contribution >= 0.6 is 23.2 Å². The average Bonchev–Trinajstić information content (AvgIpc) is 2.71. The molecule has 6 nitrogen and oxygen atoms in total. The lowest BCUT2D eigenvalue weighted by atomic mass is 10.3. The summed E-state index contributed by atoms with van der Waals surface area (Å²) < 4.78 is 1.41. The molecule has 0 aromatic carbocycles. The number of rotatable bonds is 3. The third-order valence-corrected chi connectivity index (χ3v) is 2.58. The minimum atomic E-state index is -0.557. The lowest BCUT2D eigenvalue weighted by molar-refractivity contribution is -0.389. The number of hydrogen-bond acceptors (Lipinski definition) is 4. The van der Waals surface area contributed by atoms with Crippen LogP contribution in [0.15, 0.2) is 24.4 Å². The Hall–Kier alpha value is -1.66. The van der Waals surface area contributed by atoms with Crippen molar-refractivity contribution in [2.24, 2.45) is 0 Å². The van der Waals surface area contributed by atoms with Gasteiger partial charge in [-0.05, 0) is 11.0 Å². The van der Waals surface area contributed by atoms with Crippen LogP contribution in [0.1, 0.15) is 5.56 Å². The molecule has 2 aromatic heterocycles. The second-order valence-electron chi connectivity index (χ2n) is 3.21. The Morgan fingerprint density at radius 2 is 2.12 bits per heavy atom. The Morgan fingerprint density at radius 3 is 2.71 bits per heavy atom. The molecule has 0 saturated carbocycles. The van der Waals surface area contributed by atoms with Crippen molar-refractivity contribution in [1.82, 2.24) is 14.8 Å². The van der Waals surface area contributed by atoms with Gasteiger partial charge in [-0.1, -0.05) is 29.3 Å². The summed E-state index contributed by atoms with van der Waals surface area (Å²) in [5, 5.41) is 14.8. The molecule has 2 aromatic rings. The third-order valence-electron chi connectivity index (χ3n) is 2.04. The van der Waals surface area contributed by atoms with Crippen molar-refractivity contribution >= 4 is 29.0 Å². The van der Waals surface area contributed by atoms with Crippen LogP contribution in [0.3, 0.4) is 0 Å². The highest BCUT2D eigenvalue weighted by molar-refractivity contribution is 6.32.